The number of imidazole rings is 1. The van der Waals surface area contributed by atoms with Crippen molar-refractivity contribution in [1.82, 2.24) is 20.0 Å². The number of aromatic nitrogens is 2. The number of carbonyl (C=O) groups is 2. The highest BCUT2D eigenvalue weighted by Gasteiger charge is 2.24. The molecule has 144 valence electrons. The van der Waals surface area contributed by atoms with Crippen molar-refractivity contribution in [3.63, 3.8) is 0 Å². The van der Waals surface area contributed by atoms with Gasteiger partial charge in [0.1, 0.15) is 0 Å². The van der Waals surface area contributed by atoms with Gasteiger partial charge >= 0.3 is 0 Å². The van der Waals surface area contributed by atoms with E-state index < -0.39 is 0 Å². The molecule has 0 aliphatic heterocycles. The summed E-state index contributed by atoms with van der Waals surface area (Å²) in [6.45, 7) is 2.43. The molecule has 1 aliphatic rings. The first-order valence-electron chi connectivity index (χ1n) is 9.73. The Labute approximate surface area is 164 Å². The molecule has 1 saturated carbocycles. The summed E-state index contributed by atoms with van der Waals surface area (Å²) in [5.74, 6) is -0.296. The Morgan fingerprint density at radius 2 is 1.93 bits per heavy atom. The van der Waals surface area contributed by atoms with Crippen molar-refractivity contribution in [2.75, 3.05) is 0 Å². The van der Waals surface area contributed by atoms with E-state index in [0.29, 0.717) is 17.8 Å². The van der Waals surface area contributed by atoms with Crippen molar-refractivity contribution in [2.45, 2.75) is 45.2 Å². The van der Waals surface area contributed by atoms with Gasteiger partial charge in [-0.15, -0.1) is 0 Å². The van der Waals surface area contributed by atoms with Gasteiger partial charge in [0.2, 0.25) is 5.82 Å². The van der Waals surface area contributed by atoms with Crippen molar-refractivity contribution in [3.8, 4) is 0 Å². The van der Waals surface area contributed by atoms with Crippen LogP contribution in [0.4, 0.5) is 0 Å². The SMILES string of the molecule is Cc1cccc(CNC(=O)c2nc(C(=O)NC3CCCC3)c3ccccn23)c1. The largest absolute Gasteiger partial charge is 0.348 e. The van der Waals surface area contributed by atoms with Gasteiger partial charge < -0.3 is 10.6 Å². The average Bonchev–Trinajstić information content (AvgIpc) is 3.34. The topological polar surface area (TPSA) is 75.5 Å². The number of hydrogen-bond donors (Lipinski definition) is 2. The molecule has 1 aromatic carbocycles. The maximum atomic E-state index is 12.8. The predicted molar refractivity (Wildman–Crippen MR) is 107 cm³/mol. The van der Waals surface area contributed by atoms with Crippen molar-refractivity contribution in [3.05, 3.63) is 71.3 Å². The van der Waals surface area contributed by atoms with Crippen molar-refractivity contribution < 1.29 is 9.59 Å². The molecule has 28 heavy (non-hydrogen) atoms. The molecule has 1 fully saturated rings. The number of pyridine rings is 1. The highest BCUT2D eigenvalue weighted by atomic mass is 16.2. The molecule has 2 aromatic heterocycles. The average molecular weight is 376 g/mol. The number of benzene rings is 1. The Hall–Kier alpha value is -3.15. The Bertz CT molecular complexity index is 1020. The highest BCUT2D eigenvalue weighted by molar-refractivity contribution is 6.02. The van der Waals surface area contributed by atoms with Crippen LogP contribution < -0.4 is 10.6 Å². The van der Waals surface area contributed by atoms with E-state index in [-0.39, 0.29) is 23.7 Å². The lowest BCUT2D eigenvalue weighted by atomic mass is 10.1. The zero-order valence-corrected chi connectivity index (χ0v) is 15.9. The van der Waals surface area contributed by atoms with E-state index in [9.17, 15) is 9.59 Å². The van der Waals surface area contributed by atoms with Crippen LogP contribution in [0.3, 0.4) is 0 Å². The van der Waals surface area contributed by atoms with Gasteiger partial charge in [-0.3, -0.25) is 14.0 Å². The number of hydrogen-bond acceptors (Lipinski definition) is 3. The van der Waals surface area contributed by atoms with Crippen molar-refractivity contribution in [1.29, 1.82) is 0 Å². The first-order valence-corrected chi connectivity index (χ1v) is 9.73. The predicted octanol–water partition coefficient (Wildman–Crippen LogP) is 3.25. The minimum Gasteiger partial charge on any atom is -0.348 e. The Morgan fingerprint density at radius 3 is 2.71 bits per heavy atom. The third-order valence-corrected chi connectivity index (χ3v) is 5.19. The van der Waals surface area contributed by atoms with E-state index in [0.717, 1.165) is 36.8 Å². The zero-order chi connectivity index (χ0) is 19.5. The smallest absolute Gasteiger partial charge is 0.287 e. The van der Waals surface area contributed by atoms with E-state index in [2.05, 4.69) is 15.6 Å². The van der Waals surface area contributed by atoms with Crippen LogP contribution in [-0.4, -0.2) is 27.2 Å². The summed E-state index contributed by atoms with van der Waals surface area (Å²) in [5.41, 5.74) is 3.10. The van der Waals surface area contributed by atoms with E-state index >= 15 is 0 Å². The first-order chi connectivity index (χ1) is 13.6. The summed E-state index contributed by atoms with van der Waals surface area (Å²) in [4.78, 5) is 29.9. The second-order valence-electron chi connectivity index (χ2n) is 7.37. The third-order valence-electron chi connectivity index (χ3n) is 5.19. The normalized spacial score (nSPS) is 14.3. The fraction of sp³-hybridized carbons (Fsp3) is 0.318. The summed E-state index contributed by atoms with van der Waals surface area (Å²) < 4.78 is 1.68. The molecular weight excluding hydrogens is 352 g/mol. The molecule has 3 aromatic rings. The molecular formula is C22H24N4O2. The number of carbonyl (C=O) groups excluding carboxylic acids is 2. The molecule has 2 N–H and O–H groups in total. The molecule has 0 radical (unpaired) electrons. The number of nitrogens with zero attached hydrogens (tertiary/aromatic N) is 2. The summed E-state index contributed by atoms with van der Waals surface area (Å²) in [5, 5.41) is 5.96. The fourth-order valence-corrected chi connectivity index (χ4v) is 3.77. The third kappa shape index (κ3) is 3.76. The lowest BCUT2D eigenvalue weighted by Crippen LogP contribution is -2.33. The van der Waals surface area contributed by atoms with Gasteiger partial charge in [-0.05, 0) is 37.5 Å². The molecule has 0 atom stereocenters. The number of aryl methyl sites for hydroxylation is 1. The molecule has 0 bridgehead atoms. The lowest BCUT2D eigenvalue weighted by Gasteiger charge is -2.10. The highest BCUT2D eigenvalue weighted by Crippen LogP contribution is 2.19. The Balaban J connectivity index is 1.56. The minimum absolute atomic E-state index is 0.201. The van der Waals surface area contributed by atoms with Crippen LogP contribution in [0.25, 0.3) is 5.52 Å². The summed E-state index contributed by atoms with van der Waals surface area (Å²) >= 11 is 0. The molecule has 2 heterocycles. The van der Waals surface area contributed by atoms with Crippen LogP contribution in [0.2, 0.25) is 0 Å². The van der Waals surface area contributed by atoms with Gasteiger partial charge in [-0.1, -0.05) is 48.7 Å². The van der Waals surface area contributed by atoms with Crippen LogP contribution >= 0.6 is 0 Å². The van der Waals surface area contributed by atoms with Crippen LogP contribution in [0, 0.1) is 6.92 Å². The fourth-order valence-electron chi connectivity index (χ4n) is 3.77. The van der Waals surface area contributed by atoms with Crippen LogP contribution in [0.1, 0.15) is 57.9 Å². The van der Waals surface area contributed by atoms with Gasteiger partial charge in [-0.25, -0.2) is 4.98 Å². The molecule has 6 heteroatoms. The first kappa shape index (κ1) is 18.2. The number of nitrogens with one attached hydrogen (secondary N) is 2. The molecule has 0 saturated heterocycles. The Kier molecular flexibility index (Phi) is 5.10. The van der Waals surface area contributed by atoms with E-state index in [1.54, 1.807) is 10.6 Å². The van der Waals surface area contributed by atoms with Crippen LogP contribution in [-0.2, 0) is 6.54 Å². The minimum atomic E-state index is -0.303. The number of amides is 2. The van der Waals surface area contributed by atoms with Gasteiger partial charge in [-0.2, -0.15) is 0 Å². The standard InChI is InChI=1S/C22H24N4O2/c1-15-7-6-8-16(13-15)14-23-22(28)20-25-19(18-11-4-5-12-26(18)20)21(27)24-17-9-2-3-10-17/h4-8,11-13,17H,2-3,9-10,14H2,1H3,(H,23,28)(H,24,27). The monoisotopic (exact) mass is 376 g/mol. The second-order valence-corrected chi connectivity index (χ2v) is 7.37. The maximum Gasteiger partial charge on any atom is 0.287 e. The summed E-state index contributed by atoms with van der Waals surface area (Å²) in [6.07, 6.45) is 6.04. The van der Waals surface area contributed by atoms with E-state index in [1.807, 2.05) is 49.4 Å². The number of fused-ring (bicyclic) bond motifs is 1. The van der Waals surface area contributed by atoms with Crippen molar-refractivity contribution >= 4 is 17.3 Å². The molecule has 0 unspecified atom stereocenters. The summed E-state index contributed by atoms with van der Waals surface area (Å²) in [7, 11) is 0. The van der Waals surface area contributed by atoms with Crippen LogP contribution in [0.15, 0.2) is 48.7 Å². The lowest BCUT2D eigenvalue weighted by molar-refractivity contribution is 0.0934. The van der Waals surface area contributed by atoms with E-state index in [1.165, 1.54) is 0 Å². The summed E-state index contributed by atoms with van der Waals surface area (Å²) in [6, 6.07) is 13.7. The second kappa shape index (κ2) is 7.84. The van der Waals surface area contributed by atoms with E-state index in [4.69, 9.17) is 0 Å². The maximum absolute atomic E-state index is 12.8. The molecule has 2 amide bonds. The van der Waals surface area contributed by atoms with Gasteiger partial charge in [0.05, 0.1) is 5.52 Å². The van der Waals surface area contributed by atoms with Gasteiger partial charge in [0.25, 0.3) is 11.8 Å². The molecule has 0 spiro atoms. The van der Waals surface area contributed by atoms with Crippen molar-refractivity contribution in [2.24, 2.45) is 0 Å². The molecule has 1 aliphatic carbocycles. The zero-order valence-electron chi connectivity index (χ0n) is 15.9. The van der Waals surface area contributed by atoms with Gasteiger partial charge in [0, 0.05) is 18.8 Å². The molecule has 4 rings (SSSR count). The number of rotatable bonds is 5. The van der Waals surface area contributed by atoms with Gasteiger partial charge in [0.15, 0.2) is 5.69 Å². The Morgan fingerprint density at radius 1 is 1.11 bits per heavy atom. The molecule has 6 nitrogen and oxygen atoms in total. The van der Waals surface area contributed by atoms with Crippen LogP contribution in [0.5, 0.6) is 0 Å². The quantitative estimate of drug-likeness (QED) is 0.718.